The number of esters is 1. The summed E-state index contributed by atoms with van der Waals surface area (Å²) in [6.07, 6.45) is 7.52. The molecule has 39 heavy (non-hydrogen) atoms. The van der Waals surface area contributed by atoms with Crippen molar-refractivity contribution in [1.29, 1.82) is 0 Å². The van der Waals surface area contributed by atoms with Crippen LogP contribution in [-0.2, 0) is 14.3 Å². The highest BCUT2D eigenvalue weighted by Gasteiger charge is 2.34. The van der Waals surface area contributed by atoms with Crippen LogP contribution in [0, 0.1) is 17.8 Å². The number of carbonyl (C=O) groups excluding carboxylic acids is 1. The zero-order valence-corrected chi connectivity index (χ0v) is 24.0. The molecule has 216 valence electrons. The number of carbonyl (C=O) groups is 2. The normalized spacial score (nSPS) is 28.8. The van der Waals surface area contributed by atoms with E-state index in [0.29, 0.717) is 18.4 Å². The summed E-state index contributed by atoms with van der Waals surface area (Å²) in [6, 6.07) is 5.71. The molecule has 1 aliphatic rings. The van der Waals surface area contributed by atoms with Crippen molar-refractivity contribution in [3.63, 3.8) is 0 Å². The Labute approximate surface area is 232 Å². The number of cyclic esters (lactones) is 1. The third kappa shape index (κ3) is 11.0. The zero-order chi connectivity index (χ0) is 29.2. The number of allylic oxidation sites excluding steroid dienone is 3. The molecule has 0 aromatic carbocycles. The molecule has 0 fully saturated rings. The van der Waals surface area contributed by atoms with Gasteiger partial charge in [-0.2, -0.15) is 0 Å². The molecule has 1 unspecified atom stereocenters. The van der Waals surface area contributed by atoms with Crippen molar-refractivity contribution in [3.05, 3.63) is 59.8 Å². The number of aliphatic carboxylic acids is 1. The van der Waals surface area contributed by atoms with E-state index >= 15 is 0 Å². The van der Waals surface area contributed by atoms with E-state index in [9.17, 15) is 24.9 Å². The van der Waals surface area contributed by atoms with E-state index in [2.05, 4.69) is 18.8 Å². The van der Waals surface area contributed by atoms with E-state index in [1.807, 2.05) is 57.2 Å². The number of nitrogens with zero attached hydrogens (tertiary/aromatic N) is 1. The van der Waals surface area contributed by atoms with Gasteiger partial charge >= 0.3 is 11.9 Å². The van der Waals surface area contributed by atoms with Gasteiger partial charge in [-0.1, -0.05) is 64.1 Å². The van der Waals surface area contributed by atoms with Gasteiger partial charge in [-0.15, -0.1) is 0 Å². The second-order valence-electron chi connectivity index (χ2n) is 11.3. The van der Waals surface area contributed by atoms with Crippen LogP contribution in [0.4, 0.5) is 0 Å². The Bertz CT molecular complexity index is 1040. The van der Waals surface area contributed by atoms with Crippen LogP contribution in [0.15, 0.2) is 54.2 Å². The minimum atomic E-state index is -1.34. The van der Waals surface area contributed by atoms with Gasteiger partial charge in [0.2, 0.25) is 5.88 Å². The molecule has 6 atom stereocenters. The number of aliphatic hydroxyl groups is 2. The first-order valence-corrected chi connectivity index (χ1v) is 13.7. The summed E-state index contributed by atoms with van der Waals surface area (Å²) in [7, 11) is 0. The molecule has 0 bridgehead atoms. The number of hydrogen-bond acceptors (Lipinski definition) is 7. The minimum Gasteiger partial charge on any atom is -0.481 e. The lowest BCUT2D eigenvalue weighted by atomic mass is 9.80. The van der Waals surface area contributed by atoms with Crippen LogP contribution >= 0.6 is 0 Å². The number of hydrogen-bond donors (Lipinski definition) is 3. The van der Waals surface area contributed by atoms with Gasteiger partial charge in [0.1, 0.15) is 6.10 Å². The number of carboxylic acids is 1. The maximum Gasteiger partial charge on any atom is 0.309 e. The second kappa shape index (κ2) is 15.0. The number of carboxylic acid groups (broad SMARTS) is 1. The zero-order valence-electron chi connectivity index (χ0n) is 24.0. The smallest absolute Gasteiger partial charge is 0.309 e. The lowest BCUT2D eigenvalue weighted by Crippen LogP contribution is -2.37. The number of aliphatic hydroxyl groups excluding tert-OH is 1. The molecule has 0 saturated carbocycles. The van der Waals surface area contributed by atoms with Crippen molar-refractivity contribution < 1.29 is 34.4 Å². The average Bonchev–Trinajstić information content (AvgIpc) is 2.86. The van der Waals surface area contributed by atoms with E-state index < -0.39 is 35.7 Å². The molecule has 3 N–H and O–H groups in total. The SMILES string of the molecule is C/C(=C\C=C\C(C)c1cccc(OCC(C)C)n1)[C@H]1OC(=O)C[C@H](O)CC[C@@](C)(O)[C@@H](CC(=O)O)/C=C/[C@@H]1C. The molecule has 8 heteroatoms. The largest absolute Gasteiger partial charge is 0.481 e. The van der Waals surface area contributed by atoms with Gasteiger partial charge < -0.3 is 24.8 Å². The first-order chi connectivity index (χ1) is 18.3. The Morgan fingerprint density at radius 2 is 2.00 bits per heavy atom. The molecule has 0 aliphatic carbocycles. The maximum absolute atomic E-state index is 12.6. The lowest BCUT2D eigenvalue weighted by Gasteiger charge is -2.32. The molecule has 8 nitrogen and oxygen atoms in total. The van der Waals surface area contributed by atoms with Gasteiger partial charge in [0, 0.05) is 23.8 Å². The number of ether oxygens (including phenoxy) is 2. The molecule has 2 rings (SSSR count). The van der Waals surface area contributed by atoms with Gasteiger partial charge in [0.25, 0.3) is 0 Å². The molecule has 0 radical (unpaired) electrons. The Morgan fingerprint density at radius 1 is 1.28 bits per heavy atom. The number of pyridine rings is 1. The molecule has 0 spiro atoms. The average molecular weight is 544 g/mol. The first kappa shape index (κ1) is 32.2. The van der Waals surface area contributed by atoms with Crippen LogP contribution in [0.3, 0.4) is 0 Å². The third-order valence-electron chi connectivity index (χ3n) is 6.95. The summed E-state index contributed by atoms with van der Waals surface area (Å²) in [5, 5.41) is 30.7. The standard InChI is InChI=1S/C31H45NO7/c1-20(2)19-38-27-12-8-11-26(32-27)21(3)9-7-10-22(4)30-23(5)13-14-24(17-28(34)35)31(6,37)16-15-25(33)18-29(36)39-30/h7-14,20-21,23-25,30,33,37H,15-19H2,1-6H3,(H,34,35)/b9-7+,14-13+,22-10+/t21?,23-,24+,25+,30+,31+/m0/s1. The van der Waals surface area contributed by atoms with E-state index in [1.54, 1.807) is 19.1 Å². The van der Waals surface area contributed by atoms with Crippen LogP contribution in [-0.4, -0.2) is 56.7 Å². The van der Waals surface area contributed by atoms with Gasteiger partial charge in [-0.25, -0.2) is 4.98 Å². The maximum atomic E-state index is 12.6. The fraction of sp³-hybridized carbons (Fsp3) is 0.581. The summed E-state index contributed by atoms with van der Waals surface area (Å²) >= 11 is 0. The van der Waals surface area contributed by atoms with Crippen molar-refractivity contribution in [2.75, 3.05) is 6.61 Å². The highest BCUT2D eigenvalue weighted by molar-refractivity contribution is 5.70. The van der Waals surface area contributed by atoms with Crippen LogP contribution in [0.1, 0.15) is 78.8 Å². The monoisotopic (exact) mass is 543 g/mol. The van der Waals surface area contributed by atoms with Crippen molar-refractivity contribution in [1.82, 2.24) is 4.98 Å². The highest BCUT2D eigenvalue weighted by atomic mass is 16.5. The number of aromatic nitrogens is 1. The van der Waals surface area contributed by atoms with E-state index in [4.69, 9.17) is 9.47 Å². The Kier molecular flexibility index (Phi) is 12.4. The van der Waals surface area contributed by atoms with E-state index in [1.165, 1.54) is 0 Å². The number of rotatable bonds is 9. The highest BCUT2D eigenvalue weighted by Crippen LogP contribution is 2.30. The Balaban J connectivity index is 2.25. The van der Waals surface area contributed by atoms with Gasteiger partial charge in [-0.05, 0) is 44.2 Å². The summed E-state index contributed by atoms with van der Waals surface area (Å²) < 4.78 is 11.5. The Hall–Kier alpha value is -2.97. The van der Waals surface area contributed by atoms with Crippen LogP contribution in [0.25, 0.3) is 0 Å². The summed E-state index contributed by atoms with van der Waals surface area (Å²) in [4.78, 5) is 28.7. The molecule has 1 aromatic rings. The van der Waals surface area contributed by atoms with Crippen molar-refractivity contribution in [2.45, 2.75) is 91.0 Å². The summed E-state index contributed by atoms with van der Waals surface area (Å²) in [5.41, 5.74) is 0.320. The second-order valence-corrected chi connectivity index (χ2v) is 11.3. The van der Waals surface area contributed by atoms with E-state index in [-0.39, 0.29) is 37.5 Å². The van der Waals surface area contributed by atoms with Gasteiger partial charge in [0.05, 0.1) is 36.8 Å². The predicted octanol–water partition coefficient (Wildman–Crippen LogP) is 5.21. The minimum absolute atomic E-state index is 0.0157. The predicted molar refractivity (Wildman–Crippen MR) is 150 cm³/mol. The van der Waals surface area contributed by atoms with Gasteiger partial charge in [0.15, 0.2) is 0 Å². The topological polar surface area (TPSA) is 126 Å². The third-order valence-corrected chi connectivity index (χ3v) is 6.95. The molecule has 0 amide bonds. The van der Waals surface area contributed by atoms with Crippen molar-refractivity contribution >= 4 is 11.9 Å². The molecule has 2 heterocycles. The van der Waals surface area contributed by atoms with Gasteiger partial charge in [-0.3, -0.25) is 9.59 Å². The van der Waals surface area contributed by atoms with Crippen LogP contribution in [0.5, 0.6) is 5.88 Å². The summed E-state index contributed by atoms with van der Waals surface area (Å²) in [5.74, 6) is -1.48. The molecular weight excluding hydrogens is 498 g/mol. The quantitative estimate of drug-likeness (QED) is 0.220. The first-order valence-electron chi connectivity index (χ1n) is 13.7. The van der Waals surface area contributed by atoms with Crippen LogP contribution in [0.2, 0.25) is 0 Å². The lowest BCUT2D eigenvalue weighted by molar-refractivity contribution is -0.151. The molecule has 1 aromatic heterocycles. The molecule has 1 aliphatic heterocycles. The van der Waals surface area contributed by atoms with Crippen LogP contribution < -0.4 is 4.74 Å². The summed E-state index contributed by atoms with van der Waals surface area (Å²) in [6.45, 7) is 12.1. The van der Waals surface area contributed by atoms with E-state index in [0.717, 1.165) is 11.3 Å². The fourth-order valence-corrected chi connectivity index (χ4v) is 4.42. The molecular formula is C31H45NO7. The Morgan fingerprint density at radius 3 is 2.67 bits per heavy atom. The molecule has 0 saturated heterocycles. The van der Waals surface area contributed by atoms with Crippen molar-refractivity contribution in [2.24, 2.45) is 17.8 Å². The van der Waals surface area contributed by atoms with Crippen molar-refractivity contribution in [3.8, 4) is 5.88 Å². The fourth-order valence-electron chi connectivity index (χ4n) is 4.42.